The van der Waals surface area contributed by atoms with E-state index in [1.165, 1.54) is 40.7 Å². The number of hydrogen-bond acceptors (Lipinski definition) is 6. The van der Waals surface area contributed by atoms with E-state index in [0.29, 0.717) is 13.1 Å². The average Bonchev–Trinajstić information content (AvgIpc) is 3.13. The summed E-state index contributed by atoms with van der Waals surface area (Å²) >= 11 is 1.87. The van der Waals surface area contributed by atoms with Crippen molar-refractivity contribution in [2.75, 3.05) is 37.7 Å². The Balaban J connectivity index is 1.23. The van der Waals surface area contributed by atoms with Crippen molar-refractivity contribution in [3.8, 4) is 5.75 Å². The Morgan fingerprint density at radius 1 is 0.865 bits per heavy atom. The molecule has 0 unspecified atom stereocenters. The molecule has 1 amide bonds. The smallest absolute Gasteiger partial charge is 0.260 e. The third kappa shape index (κ3) is 5.32. The largest absolute Gasteiger partial charge is 0.484 e. The minimum absolute atomic E-state index is 0.0329. The van der Waals surface area contributed by atoms with Crippen molar-refractivity contribution in [2.24, 2.45) is 0 Å². The first-order valence-electron chi connectivity index (χ1n) is 13.3. The summed E-state index contributed by atoms with van der Waals surface area (Å²) < 4.78 is 5.70. The van der Waals surface area contributed by atoms with E-state index >= 15 is 0 Å². The number of piperazine rings is 1. The molecule has 0 radical (unpaired) electrons. The van der Waals surface area contributed by atoms with Crippen LogP contribution in [0, 0.1) is 0 Å². The Bertz CT molecular complexity index is 1360. The van der Waals surface area contributed by atoms with Gasteiger partial charge in [0.2, 0.25) is 0 Å². The number of carbonyl (C=O) groups is 1. The van der Waals surface area contributed by atoms with Crippen molar-refractivity contribution in [1.82, 2.24) is 14.9 Å². The molecule has 0 N–H and O–H groups in total. The molecule has 2 aliphatic rings. The lowest BCUT2D eigenvalue weighted by atomic mass is 10.1. The minimum Gasteiger partial charge on any atom is -0.484 e. The highest BCUT2D eigenvalue weighted by atomic mass is 32.1. The van der Waals surface area contributed by atoms with Crippen LogP contribution in [0.25, 0.3) is 10.2 Å². The van der Waals surface area contributed by atoms with E-state index in [-0.39, 0.29) is 12.5 Å². The maximum absolute atomic E-state index is 12.8. The van der Waals surface area contributed by atoms with Crippen molar-refractivity contribution in [2.45, 2.75) is 38.5 Å². The third-order valence-electron chi connectivity index (χ3n) is 7.33. The van der Waals surface area contributed by atoms with Crippen LogP contribution in [0.3, 0.4) is 0 Å². The molecule has 0 saturated carbocycles. The molecule has 37 heavy (non-hydrogen) atoms. The molecule has 6 rings (SSSR count). The molecule has 1 aliphatic heterocycles. The zero-order valence-corrected chi connectivity index (χ0v) is 21.9. The van der Waals surface area contributed by atoms with Gasteiger partial charge in [-0.3, -0.25) is 4.79 Å². The fourth-order valence-electron chi connectivity index (χ4n) is 5.37. The SMILES string of the molecule is O=C(COc1ccccc1)N1CCN(c2nc(Cc3ccccc3)nc3sc4c(c23)CCCCC4)CC1. The molecule has 2 aromatic heterocycles. The molecule has 2 aromatic carbocycles. The zero-order chi connectivity index (χ0) is 25.0. The van der Waals surface area contributed by atoms with Gasteiger partial charge in [0.25, 0.3) is 5.91 Å². The minimum atomic E-state index is 0.0329. The van der Waals surface area contributed by atoms with E-state index in [1.807, 2.05) is 52.6 Å². The van der Waals surface area contributed by atoms with Crippen molar-refractivity contribution in [3.05, 3.63) is 82.5 Å². The van der Waals surface area contributed by atoms with Gasteiger partial charge in [0.15, 0.2) is 6.61 Å². The first kappa shape index (κ1) is 23.9. The average molecular weight is 513 g/mol. The molecule has 7 heteroatoms. The topological polar surface area (TPSA) is 58.6 Å². The molecule has 0 bridgehead atoms. The Labute approximate surface area is 221 Å². The number of nitrogens with zero attached hydrogens (tertiary/aromatic N) is 4. The van der Waals surface area contributed by atoms with Gasteiger partial charge in [0.05, 0.1) is 5.39 Å². The van der Waals surface area contributed by atoms with Crippen LogP contribution in [0.1, 0.15) is 41.1 Å². The summed E-state index contributed by atoms with van der Waals surface area (Å²) in [7, 11) is 0. The summed E-state index contributed by atoms with van der Waals surface area (Å²) in [6.07, 6.45) is 6.75. The van der Waals surface area contributed by atoms with Crippen molar-refractivity contribution >= 4 is 33.3 Å². The fourth-order valence-corrected chi connectivity index (χ4v) is 6.64. The van der Waals surface area contributed by atoms with Crippen LogP contribution < -0.4 is 9.64 Å². The second-order valence-electron chi connectivity index (χ2n) is 9.84. The number of aryl methyl sites for hydroxylation is 2. The van der Waals surface area contributed by atoms with Crippen molar-refractivity contribution < 1.29 is 9.53 Å². The summed E-state index contributed by atoms with van der Waals surface area (Å²) in [6.45, 7) is 2.93. The number of carbonyl (C=O) groups excluding carboxylic acids is 1. The van der Waals surface area contributed by atoms with Gasteiger partial charge in [0, 0.05) is 37.5 Å². The lowest BCUT2D eigenvalue weighted by molar-refractivity contribution is -0.133. The van der Waals surface area contributed by atoms with Gasteiger partial charge in [-0.1, -0.05) is 55.0 Å². The fraction of sp³-hybridized carbons (Fsp3) is 0.367. The highest BCUT2D eigenvalue weighted by molar-refractivity contribution is 7.19. The summed E-state index contributed by atoms with van der Waals surface area (Å²) in [5.74, 6) is 2.69. The number of para-hydroxylation sites is 1. The second-order valence-corrected chi connectivity index (χ2v) is 10.9. The van der Waals surface area contributed by atoms with Crippen LogP contribution in [0.2, 0.25) is 0 Å². The molecular weight excluding hydrogens is 480 g/mol. The van der Waals surface area contributed by atoms with Crippen LogP contribution in [-0.2, 0) is 24.1 Å². The van der Waals surface area contributed by atoms with Gasteiger partial charge in [-0.25, -0.2) is 9.97 Å². The van der Waals surface area contributed by atoms with Crippen LogP contribution >= 0.6 is 11.3 Å². The predicted molar refractivity (Wildman–Crippen MR) is 149 cm³/mol. The molecule has 1 aliphatic carbocycles. The van der Waals surface area contributed by atoms with Gasteiger partial charge in [-0.15, -0.1) is 11.3 Å². The van der Waals surface area contributed by atoms with E-state index in [9.17, 15) is 4.79 Å². The number of hydrogen-bond donors (Lipinski definition) is 0. The van der Waals surface area contributed by atoms with E-state index < -0.39 is 0 Å². The van der Waals surface area contributed by atoms with Gasteiger partial charge >= 0.3 is 0 Å². The van der Waals surface area contributed by atoms with Crippen LogP contribution in [0.4, 0.5) is 5.82 Å². The number of amides is 1. The first-order valence-corrected chi connectivity index (χ1v) is 14.1. The second kappa shape index (κ2) is 10.9. The maximum Gasteiger partial charge on any atom is 0.260 e. The Hall–Kier alpha value is -3.45. The number of thiophene rings is 1. The van der Waals surface area contributed by atoms with Gasteiger partial charge in [-0.05, 0) is 48.9 Å². The number of anilines is 1. The van der Waals surface area contributed by atoms with Gasteiger partial charge in [0.1, 0.15) is 22.2 Å². The van der Waals surface area contributed by atoms with Crippen molar-refractivity contribution in [1.29, 1.82) is 0 Å². The molecular formula is C30H32N4O2S. The predicted octanol–water partition coefficient (Wildman–Crippen LogP) is 5.28. The lowest BCUT2D eigenvalue weighted by Gasteiger charge is -2.36. The number of benzene rings is 2. The molecule has 0 spiro atoms. The Morgan fingerprint density at radius 3 is 2.38 bits per heavy atom. The number of rotatable bonds is 6. The van der Waals surface area contributed by atoms with Crippen LogP contribution in [0.15, 0.2) is 60.7 Å². The van der Waals surface area contributed by atoms with Crippen molar-refractivity contribution in [3.63, 3.8) is 0 Å². The molecule has 1 fully saturated rings. The van der Waals surface area contributed by atoms with E-state index in [4.69, 9.17) is 14.7 Å². The molecule has 3 heterocycles. The number of aromatic nitrogens is 2. The summed E-state index contributed by atoms with van der Waals surface area (Å²) in [5.41, 5.74) is 2.69. The van der Waals surface area contributed by atoms with E-state index in [1.54, 1.807) is 0 Å². The van der Waals surface area contributed by atoms with Crippen LogP contribution in [0.5, 0.6) is 5.75 Å². The zero-order valence-electron chi connectivity index (χ0n) is 21.1. The van der Waals surface area contributed by atoms with Gasteiger partial charge < -0.3 is 14.5 Å². The molecule has 1 saturated heterocycles. The molecule has 6 nitrogen and oxygen atoms in total. The standard InChI is InChI=1S/C30H32N4O2S/c35-27(21-36-23-12-6-2-7-13-23)33-16-18-34(19-17-33)29-28-24-14-8-3-9-15-25(24)37-30(28)32-26(31-29)20-22-10-4-1-5-11-22/h1-2,4-7,10-13H,3,8-9,14-21H2. The highest BCUT2D eigenvalue weighted by Crippen LogP contribution is 2.39. The molecule has 190 valence electrons. The lowest BCUT2D eigenvalue weighted by Crippen LogP contribution is -2.50. The number of ether oxygens (including phenoxy) is 1. The summed E-state index contributed by atoms with van der Waals surface area (Å²) in [4.78, 5) is 30.0. The monoisotopic (exact) mass is 512 g/mol. The molecule has 4 aromatic rings. The van der Waals surface area contributed by atoms with E-state index in [0.717, 1.165) is 54.6 Å². The number of fused-ring (bicyclic) bond motifs is 3. The van der Waals surface area contributed by atoms with E-state index in [2.05, 4.69) is 29.2 Å². The normalized spacial score (nSPS) is 15.9. The van der Waals surface area contributed by atoms with Crippen LogP contribution in [-0.4, -0.2) is 53.6 Å². The Morgan fingerprint density at radius 2 is 1.59 bits per heavy atom. The third-order valence-corrected chi connectivity index (χ3v) is 8.52. The highest BCUT2D eigenvalue weighted by Gasteiger charge is 2.27. The Kier molecular flexibility index (Phi) is 7.04. The van der Waals surface area contributed by atoms with Gasteiger partial charge in [-0.2, -0.15) is 0 Å². The summed E-state index contributed by atoms with van der Waals surface area (Å²) in [5, 5.41) is 1.26. The first-order chi connectivity index (χ1) is 18.2. The summed E-state index contributed by atoms with van der Waals surface area (Å²) in [6, 6.07) is 20.0. The quantitative estimate of drug-likeness (QED) is 0.329. The maximum atomic E-state index is 12.8. The molecule has 0 atom stereocenters.